The molecule has 0 aliphatic heterocycles. The minimum atomic E-state index is -1.18. The van der Waals surface area contributed by atoms with E-state index in [0.717, 1.165) is 0 Å². The molecule has 0 aromatic heterocycles. The Morgan fingerprint density at radius 1 is 1.35 bits per heavy atom. The number of anilines is 1. The van der Waals surface area contributed by atoms with Gasteiger partial charge in [-0.2, -0.15) is 0 Å². The Morgan fingerprint density at radius 2 is 1.94 bits per heavy atom. The lowest BCUT2D eigenvalue weighted by molar-refractivity contribution is -0.147. The Kier molecular flexibility index (Phi) is 4.93. The Labute approximate surface area is 99.8 Å². The van der Waals surface area contributed by atoms with Gasteiger partial charge in [0.15, 0.2) is 0 Å². The highest BCUT2D eigenvalue weighted by Gasteiger charge is 2.21. The molecule has 0 aliphatic carbocycles. The van der Waals surface area contributed by atoms with Gasteiger partial charge in [-0.1, -0.05) is 12.1 Å². The van der Waals surface area contributed by atoms with E-state index in [0.29, 0.717) is 11.3 Å². The molecule has 5 nitrogen and oxygen atoms in total. The van der Waals surface area contributed by atoms with Crippen molar-refractivity contribution in [3.05, 3.63) is 29.8 Å². The van der Waals surface area contributed by atoms with Crippen LogP contribution in [-0.2, 0) is 9.53 Å². The van der Waals surface area contributed by atoms with E-state index in [1.807, 2.05) is 0 Å². The van der Waals surface area contributed by atoms with Crippen molar-refractivity contribution in [3.63, 3.8) is 0 Å². The molecule has 0 fully saturated rings. The van der Waals surface area contributed by atoms with Crippen LogP contribution in [0, 0.1) is 0 Å². The standard InChI is InChI=1S/C12H17NO4/c1-2-17-11(15)7-10(14)12(16)8-3-5-9(13)6-4-8/h3-6,10,12,14,16H,2,7,13H2,1H3. The highest BCUT2D eigenvalue weighted by molar-refractivity contribution is 5.70. The summed E-state index contributed by atoms with van der Waals surface area (Å²) in [5.41, 5.74) is 6.59. The van der Waals surface area contributed by atoms with Crippen LogP contribution in [0.15, 0.2) is 24.3 Å². The molecule has 4 N–H and O–H groups in total. The lowest BCUT2D eigenvalue weighted by Gasteiger charge is -2.17. The Hall–Kier alpha value is -1.59. The predicted molar refractivity (Wildman–Crippen MR) is 63.1 cm³/mol. The first-order valence-corrected chi connectivity index (χ1v) is 5.41. The van der Waals surface area contributed by atoms with E-state index in [1.54, 1.807) is 31.2 Å². The van der Waals surface area contributed by atoms with Crippen molar-refractivity contribution >= 4 is 11.7 Å². The molecular weight excluding hydrogens is 222 g/mol. The van der Waals surface area contributed by atoms with Crippen molar-refractivity contribution in [1.82, 2.24) is 0 Å². The second kappa shape index (κ2) is 6.22. The monoisotopic (exact) mass is 239 g/mol. The number of aliphatic hydroxyl groups is 2. The molecule has 1 aromatic rings. The molecule has 0 aliphatic rings. The summed E-state index contributed by atoms with van der Waals surface area (Å²) >= 11 is 0. The van der Waals surface area contributed by atoms with Crippen molar-refractivity contribution in [2.75, 3.05) is 12.3 Å². The van der Waals surface area contributed by atoms with Crippen molar-refractivity contribution in [1.29, 1.82) is 0 Å². The summed E-state index contributed by atoms with van der Waals surface area (Å²) in [5.74, 6) is -0.533. The number of aliphatic hydroxyl groups excluding tert-OH is 2. The largest absolute Gasteiger partial charge is 0.466 e. The molecule has 0 amide bonds. The molecule has 5 heteroatoms. The first-order chi connectivity index (χ1) is 8.04. The zero-order valence-corrected chi connectivity index (χ0v) is 9.67. The van der Waals surface area contributed by atoms with E-state index in [4.69, 9.17) is 5.73 Å². The second-order valence-corrected chi connectivity index (χ2v) is 3.69. The minimum absolute atomic E-state index is 0.237. The van der Waals surface area contributed by atoms with E-state index in [-0.39, 0.29) is 13.0 Å². The topological polar surface area (TPSA) is 92.8 Å². The maximum Gasteiger partial charge on any atom is 0.308 e. The highest BCUT2D eigenvalue weighted by atomic mass is 16.5. The van der Waals surface area contributed by atoms with E-state index in [2.05, 4.69) is 4.74 Å². The van der Waals surface area contributed by atoms with E-state index in [9.17, 15) is 15.0 Å². The SMILES string of the molecule is CCOC(=O)CC(O)C(O)c1ccc(N)cc1. The number of carbonyl (C=O) groups is 1. The third-order valence-electron chi connectivity index (χ3n) is 2.32. The molecule has 0 bridgehead atoms. The molecule has 94 valence electrons. The van der Waals surface area contributed by atoms with Crippen LogP contribution in [0.4, 0.5) is 5.69 Å². The van der Waals surface area contributed by atoms with Gasteiger partial charge in [0.05, 0.1) is 19.1 Å². The molecule has 2 atom stereocenters. The molecule has 0 spiro atoms. The zero-order chi connectivity index (χ0) is 12.8. The van der Waals surface area contributed by atoms with Gasteiger partial charge in [0, 0.05) is 5.69 Å². The van der Waals surface area contributed by atoms with Crippen LogP contribution in [0.3, 0.4) is 0 Å². The number of benzene rings is 1. The number of hydrogen-bond acceptors (Lipinski definition) is 5. The average molecular weight is 239 g/mol. The molecule has 1 aromatic carbocycles. The van der Waals surface area contributed by atoms with Gasteiger partial charge in [-0.05, 0) is 24.6 Å². The van der Waals surface area contributed by atoms with Crippen LogP contribution in [0.1, 0.15) is 25.0 Å². The van der Waals surface area contributed by atoms with Gasteiger partial charge in [0.2, 0.25) is 0 Å². The van der Waals surface area contributed by atoms with Crippen LogP contribution in [0.2, 0.25) is 0 Å². The van der Waals surface area contributed by atoms with E-state index >= 15 is 0 Å². The van der Waals surface area contributed by atoms with Crippen molar-refractivity contribution < 1.29 is 19.7 Å². The normalized spacial score (nSPS) is 14.1. The number of carbonyl (C=O) groups excluding carboxylic acids is 1. The Balaban J connectivity index is 2.60. The summed E-state index contributed by atoms with van der Waals surface area (Å²) in [4.78, 5) is 11.1. The van der Waals surface area contributed by atoms with Gasteiger partial charge >= 0.3 is 5.97 Å². The zero-order valence-electron chi connectivity index (χ0n) is 9.67. The molecule has 2 unspecified atom stereocenters. The van der Waals surface area contributed by atoms with Crippen LogP contribution in [0.25, 0.3) is 0 Å². The fourth-order valence-electron chi connectivity index (χ4n) is 1.42. The second-order valence-electron chi connectivity index (χ2n) is 3.69. The predicted octanol–water partition coefficient (Wildman–Crippen LogP) is 0.616. The molecule has 0 saturated carbocycles. The molecule has 0 heterocycles. The first kappa shape index (κ1) is 13.5. The van der Waals surface area contributed by atoms with Crippen molar-refractivity contribution in [2.45, 2.75) is 25.6 Å². The third kappa shape index (κ3) is 4.05. The first-order valence-electron chi connectivity index (χ1n) is 5.41. The lowest BCUT2D eigenvalue weighted by Crippen LogP contribution is -2.23. The smallest absolute Gasteiger partial charge is 0.308 e. The molecule has 0 radical (unpaired) electrons. The van der Waals surface area contributed by atoms with E-state index < -0.39 is 18.2 Å². The number of nitrogens with two attached hydrogens (primary N) is 1. The Morgan fingerprint density at radius 3 is 2.47 bits per heavy atom. The maximum atomic E-state index is 11.1. The van der Waals surface area contributed by atoms with Crippen LogP contribution >= 0.6 is 0 Å². The van der Waals surface area contributed by atoms with Crippen LogP contribution in [-0.4, -0.2) is 28.9 Å². The van der Waals surface area contributed by atoms with Crippen LogP contribution < -0.4 is 5.73 Å². The van der Waals surface area contributed by atoms with Crippen LogP contribution in [0.5, 0.6) is 0 Å². The summed E-state index contributed by atoms with van der Waals surface area (Å²) in [6.07, 6.45) is -2.54. The van der Waals surface area contributed by atoms with Gasteiger partial charge in [0.25, 0.3) is 0 Å². The fourth-order valence-corrected chi connectivity index (χ4v) is 1.42. The van der Waals surface area contributed by atoms with E-state index in [1.165, 1.54) is 0 Å². The molecular formula is C12H17NO4. The summed E-state index contributed by atoms with van der Waals surface area (Å²) in [7, 11) is 0. The maximum absolute atomic E-state index is 11.1. The number of esters is 1. The fraction of sp³-hybridized carbons (Fsp3) is 0.417. The Bertz CT molecular complexity index is 363. The summed E-state index contributed by atoms with van der Waals surface area (Å²) in [6, 6.07) is 6.45. The number of rotatable bonds is 5. The summed E-state index contributed by atoms with van der Waals surface area (Å²) < 4.78 is 4.69. The average Bonchev–Trinajstić information content (AvgIpc) is 2.29. The molecule has 0 saturated heterocycles. The quantitative estimate of drug-likeness (QED) is 0.517. The van der Waals surface area contributed by atoms with Gasteiger partial charge in [-0.3, -0.25) is 4.79 Å². The molecule has 17 heavy (non-hydrogen) atoms. The number of hydrogen-bond donors (Lipinski definition) is 3. The van der Waals surface area contributed by atoms with Crippen molar-refractivity contribution in [3.8, 4) is 0 Å². The summed E-state index contributed by atoms with van der Waals surface area (Å²) in [6.45, 7) is 1.93. The van der Waals surface area contributed by atoms with Gasteiger partial charge < -0.3 is 20.7 Å². The minimum Gasteiger partial charge on any atom is -0.466 e. The highest BCUT2D eigenvalue weighted by Crippen LogP contribution is 2.20. The summed E-state index contributed by atoms with van der Waals surface area (Å²) in [5, 5.41) is 19.5. The van der Waals surface area contributed by atoms with Gasteiger partial charge in [0.1, 0.15) is 6.10 Å². The van der Waals surface area contributed by atoms with Gasteiger partial charge in [-0.25, -0.2) is 0 Å². The van der Waals surface area contributed by atoms with Gasteiger partial charge in [-0.15, -0.1) is 0 Å². The third-order valence-corrected chi connectivity index (χ3v) is 2.32. The number of nitrogen functional groups attached to an aromatic ring is 1. The number of ether oxygens (including phenoxy) is 1. The molecule has 1 rings (SSSR count). The lowest BCUT2D eigenvalue weighted by atomic mass is 10.0. The van der Waals surface area contributed by atoms with Crippen molar-refractivity contribution in [2.24, 2.45) is 0 Å².